The predicted octanol–water partition coefficient (Wildman–Crippen LogP) is 4.29. The molecule has 0 bridgehead atoms. The SMILES string of the molecule is CCC1(C)C(=O)CC1c1cc(Br)sc1C. The fourth-order valence-corrected chi connectivity index (χ4v) is 4.18. The van der Waals surface area contributed by atoms with Crippen LogP contribution in [0.15, 0.2) is 9.85 Å². The maximum absolute atomic E-state index is 11.7. The van der Waals surface area contributed by atoms with Crippen LogP contribution in [0.1, 0.15) is 43.0 Å². The molecule has 0 radical (unpaired) electrons. The van der Waals surface area contributed by atoms with E-state index in [9.17, 15) is 4.79 Å². The van der Waals surface area contributed by atoms with Gasteiger partial charge in [-0.3, -0.25) is 4.79 Å². The molecule has 82 valence electrons. The van der Waals surface area contributed by atoms with Crippen LogP contribution in [0.3, 0.4) is 0 Å². The van der Waals surface area contributed by atoms with Crippen LogP contribution in [-0.2, 0) is 4.79 Å². The average molecular weight is 287 g/mol. The van der Waals surface area contributed by atoms with Crippen molar-refractivity contribution in [3.8, 4) is 0 Å². The lowest BCUT2D eigenvalue weighted by Gasteiger charge is -2.45. The van der Waals surface area contributed by atoms with E-state index in [0.717, 1.165) is 12.8 Å². The van der Waals surface area contributed by atoms with Gasteiger partial charge in [0.1, 0.15) is 5.78 Å². The van der Waals surface area contributed by atoms with Crippen molar-refractivity contribution in [2.24, 2.45) is 5.41 Å². The molecule has 1 aromatic rings. The minimum Gasteiger partial charge on any atom is -0.299 e. The fraction of sp³-hybridized carbons (Fsp3) is 0.583. The molecule has 1 heterocycles. The van der Waals surface area contributed by atoms with E-state index in [4.69, 9.17) is 0 Å². The van der Waals surface area contributed by atoms with Crippen molar-refractivity contribution in [2.75, 3.05) is 0 Å². The van der Waals surface area contributed by atoms with E-state index in [1.807, 2.05) is 0 Å². The van der Waals surface area contributed by atoms with Gasteiger partial charge in [0, 0.05) is 22.6 Å². The zero-order chi connectivity index (χ0) is 11.2. The minimum absolute atomic E-state index is 0.106. The van der Waals surface area contributed by atoms with E-state index in [1.165, 1.54) is 14.2 Å². The first kappa shape index (κ1) is 11.3. The number of rotatable bonds is 2. The molecule has 0 spiro atoms. The van der Waals surface area contributed by atoms with Crippen LogP contribution >= 0.6 is 27.3 Å². The quantitative estimate of drug-likeness (QED) is 0.793. The van der Waals surface area contributed by atoms with Gasteiger partial charge in [0.25, 0.3) is 0 Å². The predicted molar refractivity (Wildman–Crippen MR) is 67.5 cm³/mol. The summed E-state index contributed by atoms with van der Waals surface area (Å²) >= 11 is 5.28. The van der Waals surface area contributed by atoms with E-state index in [2.05, 4.69) is 42.8 Å². The molecule has 3 heteroatoms. The molecule has 0 aromatic carbocycles. The Bertz CT molecular complexity index is 410. The molecule has 0 saturated heterocycles. The minimum atomic E-state index is -0.106. The number of carbonyl (C=O) groups excluding carboxylic acids is 1. The molecule has 1 nitrogen and oxygen atoms in total. The van der Waals surface area contributed by atoms with Gasteiger partial charge in [0.15, 0.2) is 0 Å². The van der Waals surface area contributed by atoms with E-state index in [-0.39, 0.29) is 5.41 Å². The van der Waals surface area contributed by atoms with Crippen molar-refractivity contribution in [3.63, 3.8) is 0 Å². The Labute approximate surface area is 103 Å². The third kappa shape index (κ3) is 1.60. The van der Waals surface area contributed by atoms with Gasteiger partial charge in [0.2, 0.25) is 0 Å². The number of ketones is 1. The molecule has 2 unspecified atom stereocenters. The van der Waals surface area contributed by atoms with Crippen molar-refractivity contribution in [3.05, 3.63) is 20.3 Å². The van der Waals surface area contributed by atoms with Crippen LogP contribution in [0.25, 0.3) is 0 Å². The van der Waals surface area contributed by atoms with Gasteiger partial charge in [-0.05, 0) is 40.9 Å². The molecule has 1 aliphatic carbocycles. The Kier molecular flexibility index (Phi) is 2.80. The zero-order valence-corrected chi connectivity index (χ0v) is 11.7. The maximum Gasteiger partial charge on any atom is 0.140 e. The second-order valence-corrected chi connectivity index (χ2v) is 7.15. The normalized spacial score (nSPS) is 30.4. The van der Waals surface area contributed by atoms with E-state index in [0.29, 0.717) is 11.7 Å². The highest BCUT2D eigenvalue weighted by molar-refractivity contribution is 9.11. The van der Waals surface area contributed by atoms with E-state index >= 15 is 0 Å². The van der Waals surface area contributed by atoms with E-state index < -0.39 is 0 Å². The number of thiophene rings is 1. The smallest absolute Gasteiger partial charge is 0.140 e. The summed E-state index contributed by atoms with van der Waals surface area (Å²) in [7, 11) is 0. The highest BCUT2D eigenvalue weighted by atomic mass is 79.9. The molecule has 1 saturated carbocycles. The van der Waals surface area contributed by atoms with Crippen LogP contribution in [0.4, 0.5) is 0 Å². The van der Waals surface area contributed by atoms with Gasteiger partial charge in [-0.25, -0.2) is 0 Å². The summed E-state index contributed by atoms with van der Waals surface area (Å²) in [6, 6.07) is 2.19. The molecule has 1 fully saturated rings. The molecule has 15 heavy (non-hydrogen) atoms. The maximum atomic E-state index is 11.7. The van der Waals surface area contributed by atoms with Gasteiger partial charge >= 0.3 is 0 Å². The summed E-state index contributed by atoms with van der Waals surface area (Å²) in [4.78, 5) is 13.0. The van der Waals surface area contributed by atoms with Gasteiger partial charge in [-0.1, -0.05) is 13.8 Å². The highest BCUT2D eigenvalue weighted by Gasteiger charge is 2.50. The fourth-order valence-electron chi connectivity index (χ4n) is 2.41. The van der Waals surface area contributed by atoms with Crippen LogP contribution in [-0.4, -0.2) is 5.78 Å². The van der Waals surface area contributed by atoms with Gasteiger partial charge in [-0.15, -0.1) is 11.3 Å². The summed E-state index contributed by atoms with van der Waals surface area (Å²) in [6.45, 7) is 6.36. The highest BCUT2D eigenvalue weighted by Crippen LogP contribution is 2.53. The number of halogens is 1. The van der Waals surface area contributed by atoms with Crippen molar-refractivity contribution in [1.82, 2.24) is 0 Å². The molecular formula is C12H15BrOS. The molecule has 0 N–H and O–H groups in total. The molecular weight excluding hydrogens is 272 g/mol. The largest absolute Gasteiger partial charge is 0.299 e. The topological polar surface area (TPSA) is 17.1 Å². The Balaban J connectivity index is 2.34. The number of hydrogen-bond donors (Lipinski definition) is 0. The Morgan fingerprint density at radius 3 is 2.73 bits per heavy atom. The number of aryl methyl sites for hydroxylation is 1. The molecule has 1 aromatic heterocycles. The van der Waals surface area contributed by atoms with Crippen LogP contribution < -0.4 is 0 Å². The van der Waals surface area contributed by atoms with Gasteiger partial charge < -0.3 is 0 Å². The second kappa shape index (κ2) is 3.70. The van der Waals surface area contributed by atoms with Crippen molar-refractivity contribution >= 4 is 33.0 Å². The van der Waals surface area contributed by atoms with Gasteiger partial charge in [-0.2, -0.15) is 0 Å². The molecule has 1 aliphatic rings. The Morgan fingerprint density at radius 2 is 2.33 bits per heavy atom. The first-order chi connectivity index (χ1) is 6.99. The van der Waals surface area contributed by atoms with Crippen LogP contribution in [0.5, 0.6) is 0 Å². The standard InChI is InChI=1S/C12H15BrOS/c1-4-12(3)9(6-10(12)14)8-5-11(13)15-7(8)2/h5,9H,4,6H2,1-3H3. The molecule has 0 amide bonds. The summed E-state index contributed by atoms with van der Waals surface area (Å²) < 4.78 is 1.17. The van der Waals surface area contributed by atoms with Crippen molar-refractivity contribution in [2.45, 2.75) is 39.5 Å². The van der Waals surface area contributed by atoms with Gasteiger partial charge in [0.05, 0.1) is 3.79 Å². The first-order valence-electron chi connectivity index (χ1n) is 5.28. The third-order valence-corrected chi connectivity index (χ3v) is 5.40. The van der Waals surface area contributed by atoms with Crippen molar-refractivity contribution < 1.29 is 4.79 Å². The van der Waals surface area contributed by atoms with Crippen molar-refractivity contribution in [1.29, 1.82) is 0 Å². The van der Waals surface area contributed by atoms with Crippen LogP contribution in [0.2, 0.25) is 0 Å². The number of Topliss-reactive ketones (excluding diaryl/α,β-unsaturated/α-hetero) is 1. The monoisotopic (exact) mass is 286 g/mol. The lowest BCUT2D eigenvalue weighted by Crippen LogP contribution is -2.45. The third-order valence-electron chi connectivity index (χ3n) is 3.83. The second-order valence-electron chi connectivity index (χ2n) is 4.51. The summed E-state index contributed by atoms with van der Waals surface area (Å²) in [5.41, 5.74) is 1.27. The Morgan fingerprint density at radius 1 is 1.67 bits per heavy atom. The lowest BCUT2D eigenvalue weighted by molar-refractivity contribution is -0.139. The summed E-state index contributed by atoms with van der Waals surface area (Å²) in [5, 5.41) is 0. The van der Waals surface area contributed by atoms with E-state index in [1.54, 1.807) is 11.3 Å². The average Bonchev–Trinajstić information content (AvgIpc) is 2.52. The number of carbonyl (C=O) groups is 1. The summed E-state index contributed by atoms with van der Waals surface area (Å²) in [5.74, 6) is 0.870. The molecule has 2 rings (SSSR count). The molecule has 0 aliphatic heterocycles. The zero-order valence-electron chi connectivity index (χ0n) is 9.26. The summed E-state index contributed by atoms with van der Waals surface area (Å²) in [6.07, 6.45) is 1.68. The number of hydrogen-bond acceptors (Lipinski definition) is 2. The molecule has 2 atom stereocenters. The lowest BCUT2D eigenvalue weighted by atomic mass is 9.56. The first-order valence-corrected chi connectivity index (χ1v) is 6.89. The Hall–Kier alpha value is -0.150. The van der Waals surface area contributed by atoms with Crippen LogP contribution in [0, 0.1) is 12.3 Å².